The predicted octanol–water partition coefficient (Wildman–Crippen LogP) is 0.995. The molecule has 0 saturated heterocycles. The van der Waals surface area contributed by atoms with Gasteiger partial charge in [-0.1, -0.05) is 0 Å². The van der Waals surface area contributed by atoms with Crippen molar-refractivity contribution in [2.24, 2.45) is 5.73 Å². The summed E-state index contributed by atoms with van der Waals surface area (Å²) in [5, 5.41) is 10.4. The fourth-order valence-electron chi connectivity index (χ4n) is 1.45. The molecule has 0 aliphatic carbocycles. The molecule has 0 bridgehead atoms. The van der Waals surface area contributed by atoms with Gasteiger partial charge in [0, 0.05) is 18.8 Å². The van der Waals surface area contributed by atoms with Gasteiger partial charge in [0.05, 0.1) is 22.3 Å². The highest BCUT2D eigenvalue weighted by Crippen LogP contribution is 2.25. The van der Waals surface area contributed by atoms with E-state index in [1.165, 1.54) is 0 Å². The van der Waals surface area contributed by atoms with E-state index in [0.717, 1.165) is 4.47 Å². The Morgan fingerprint density at radius 2 is 1.89 bits per heavy atom. The van der Waals surface area contributed by atoms with Crippen LogP contribution in [0.15, 0.2) is 16.9 Å². The van der Waals surface area contributed by atoms with Crippen molar-refractivity contribution in [3.63, 3.8) is 0 Å². The van der Waals surface area contributed by atoms with Crippen molar-refractivity contribution in [2.45, 2.75) is 31.5 Å². The van der Waals surface area contributed by atoms with Gasteiger partial charge in [0.2, 0.25) is 0 Å². The Labute approximate surface area is 122 Å². The Bertz CT molecular complexity index is 407. The zero-order valence-corrected chi connectivity index (χ0v) is 13.3. The lowest BCUT2D eigenvalue weighted by Gasteiger charge is -2.44. The fourth-order valence-corrected chi connectivity index (χ4v) is 1.66. The van der Waals surface area contributed by atoms with Crippen LogP contribution in [-0.2, 0) is 0 Å². The first-order valence-corrected chi connectivity index (χ1v) is 6.75. The maximum Gasteiger partial charge on any atom is 0.316 e. The molecule has 19 heavy (non-hydrogen) atoms. The number of nitrogens with two attached hydrogens (primary N) is 1. The van der Waals surface area contributed by atoms with Gasteiger partial charge < -0.3 is 15.6 Å². The Morgan fingerprint density at radius 3 is 2.37 bits per heavy atom. The summed E-state index contributed by atoms with van der Waals surface area (Å²) in [7, 11) is 3.65. The Balaban J connectivity index is 2.54. The van der Waals surface area contributed by atoms with Crippen LogP contribution in [0.2, 0.25) is 0 Å². The number of aromatic nitrogens is 2. The van der Waals surface area contributed by atoms with Gasteiger partial charge in [-0.05, 0) is 43.9 Å². The molecule has 1 rings (SSSR count). The highest BCUT2D eigenvalue weighted by atomic mass is 79.9. The third kappa shape index (κ3) is 4.10. The zero-order chi connectivity index (χ0) is 14.7. The van der Waals surface area contributed by atoms with Gasteiger partial charge in [-0.2, -0.15) is 0 Å². The van der Waals surface area contributed by atoms with Gasteiger partial charge >= 0.3 is 6.01 Å². The molecule has 2 atom stereocenters. The van der Waals surface area contributed by atoms with E-state index in [9.17, 15) is 5.11 Å². The average Bonchev–Trinajstić information content (AvgIpc) is 2.31. The van der Waals surface area contributed by atoms with E-state index < -0.39 is 11.3 Å². The summed E-state index contributed by atoms with van der Waals surface area (Å²) in [6.07, 6.45) is 3.58. The molecular formula is C12H21BrN4O2. The van der Waals surface area contributed by atoms with E-state index in [1.54, 1.807) is 31.1 Å². The topological polar surface area (TPSA) is 84.5 Å². The summed E-state index contributed by atoms with van der Waals surface area (Å²) in [5.41, 5.74) is 4.18. The van der Waals surface area contributed by atoms with Crippen molar-refractivity contribution in [3.05, 3.63) is 16.9 Å². The van der Waals surface area contributed by atoms with Crippen LogP contribution >= 0.6 is 15.9 Å². The quantitative estimate of drug-likeness (QED) is 0.756. The molecule has 1 aromatic heterocycles. The average molecular weight is 333 g/mol. The third-order valence-electron chi connectivity index (χ3n) is 3.44. The number of halogens is 1. The number of aliphatic hydroxyl groups is 1. The first kappa shape index (κ1) is 16.3. The van der Waals surface area contributed by atoms with Gasteiger partial charge in [0.25, 0.3) is 0 Å². The molecular weight excluding hydrogens is 312 g/mol. The fraction of sp³-hybridized carbons (Fsp3) is 0.667. The maximum atomic E-state index is 10.4. The highest BCUT2D eigenvalue weighted by Gasteiger charge is 2.41. The standard InChI is InChI=1S/C12H21BrN4O2/c1-11(18,12(2,14)17(3)4)5-6-19-10-15-7-9(13)8-16-10/h7-8,18H,5-6,14H2,1-4H3. The molecule has 6 nitrogen and oxygen atoms in total. The number of hydrogen-bond donors (Lipinski definition) is 2. The van der Waals surface area contributed by atoms with Crippen LogP contribution in [0.3, 0.4) is 0 Å². The zero-order valence-electron chi connectivity index (χ0n) is 11.7. The summed E-state index contributed by atoms with van der Waals surface area (Å²) >= 11 is 3.24. The van der Waals surface area contributed by atoms with Gasteiger partial charge in [-0.25, -0.2) is 9.97 Å². The minimum absolute atomic E-state index is 0.280. The Kier molecular flexibility index (Phi) is 5.26. The molecule has 7 heteroatoms. The number of rotatable bonds is 6. The number of nitrogens with zero attached hydrogens (tertiary/aromatic N) is 3. The molecule has 0 fully saturated rings. The molecule has 1 heterocycles. The van der Waals surface area contributed by atoms with E-state index in [0.29, 0.717) is 6.42 Å². The summed E-state index contributed by atoms with van der Waals surface area (Å²) in [6.45, 7) is 3.76. The van der Waals surface area contributed by atoms with E-state index in [4.69, 9.17) is 10.5 Å². The van der Waals surface area contributed by atoms with Gasteiger partial charge in [0.15, 0.2) is 0 Å². The second kappa shape index (κ2) is 6.13. The second-order valence-corrected chi connectivity index (χ2v) is 6.01. The van der Waals surface area contributed by atoms with E-state index in [1.807, 2.05) is 14.1 Å². The summed E-state index contributed by atoms with van der Waals surface area (Å²) < 4.78 is 6.18. The normalized spacial score (nSPS) is 17.9. The second-order valence-electron chi connectivity index (χ2n) is 5.10. The largest absolute Gasteiger partial charge is 0.463 e. The van der Waals surface area contributed by atoms with Gasteiger partial charge in [-0.15, -0.1) is 0 Å². The van der Waals surface area contributed by atoms with E-state index in [-0.39, 0.29) is 12.6 Å². The molecule has 0 aromatic carbocycles. The van der Waals surface area contributed by atoms with Crippen LogP contribution in [0, 0.1) is 0 Å². The van der Waals surface area contributed by atoms with Crippen molar-refractivity contribution < 1.29 is 9.84 Å². The van der Waals surface area contributed by atoms with Crippen molar-refractivity contribution in [2.75, 3.05) is 20.7 Å². The molecule has 108 valence electrons. The first-order valence-electron chi connectivity index (χ1n) is 5.96. The van der Waals surface area contributed by atoms with Crippen molar-refractivity contribution in [1.82, 2.24) is 14.9 Å². The van der Waals surface area contributed by atoms with Crippen LogP contribution in [-0.4, -0.2) is 51.9 Å². The molecule has 0 aliphatic heterocycles. The van der Waals surface area contributed by atoms with Crippen molar-refractivity contribution in [1.29, 1.82) is 0 Å². The molecule has 0 spiro atoms. The SMILES string of the molecule is CN(C)C(C)(N)C(C)(O)CCOc1ncc(Br)cn1. The molecule has 0 saturated carbocycles. The van der Waals surface area contributed by atoms with Crippen LogP contribution in [0.5, 0.6) is 6.01 Å². The maximum absolute atomic E-state index is 10.4. The van der Waals surface area contributed by atoms with Crippen LogP contribution in [0.4, 0.5) is 0 Å². The number of ether oxygens (including phenoxy) is 1. The van der Waals surface area contributed by atoms with Gasteiger partial charge in [-0.3, -0.25) is 4.90 Å². The van der Waals surface area contributed by atoms with Crippen LogP contribution < -0.4 is 10.5 Å². The smallest absolute Gasteiger partial charge is 0.316 e. The summed E-state index contributed by atoms with van der Waals surface area (Å²) in [5.74, 6) is 0. The first-order chi connectivity index (χ1) is 8.67. The molecule has 0 radical (unpaired) electrons. The van der Waals surface area contributed by atoms with Crippen LogP contribution in [0.1, 0.15) is 20.3 Å². The monoisotopic (exact) mass is 332 g/mol. The lowest BCUT2D eigenvalue weighted by Crippen LogP contribution is -2.65. The van der Waals surface area contributed by atoms with Crippen molar-refractivity contribution >= 4 is 15.9 Å². The summed E-state index contributed by atoms with van der Waals surface area (Å²) in [4.78, 5) is 9.76. The molecule has 2 unspecified atom stereocenters. The molecule has 3 N–H and O–H groups in total. The lowest BCUT2D eigenvalue weighted by atomic mass is 9.87. The molecule has 0 amide bonds. The van der Waals surface area contributed by atoms with Gasteiger partial charge in [0.1, 0.15) is 0 Å². The third-order valence-corrected chi connectivity index (χ3v) is 3.85. The number of likely N-dealkylation sites (N-methyl/N-ethyl adjacent to an activating group) is 1. The lowest BCUT2D eigenvalue weighted by molar-refractivity contribution is -0.0855. The molecule has 0 aliphatic rings. The van der Waals surface area contributed by atoms with E-state index in [2.05, 4.69) is 25.9 Å². The number of hydrogen-bond acceptors (Lipinski definition) is 6. The Hall–Kier alpha value is -0.760. The molecule has 1 aromatic rings. The predicted molar refractivity (Wildman–Crippen MR) is 76.7 cm³/mol. The van der Waals surface area contributed by atoms with E-state index >= 15 is 0 Å². The van der Waals surface area contributed by atoms with Crippen LogP contribution in [0.25, 0.3) is 0 Å². The minimum atomic E-state index is -1.09. The highest BCUT2D eigenvalue weighted by molar-refractivity contribution is 9.10. The minimum Gasteiger partial charge on any atom is -0.463 e. The van der Waals surface area contributed by atoms with Crippen molar-refractivity contribution in [3.8, 4) is 6.01 Å². The summed E-state index contributed by atoms with van der Waals surface area (Å²) in [6, 6.07) is 0.280. The Morgan fingerprint density at radius 1 is 1.37 bits per heavy atom.